The molecule has 1 aromatic heterocycles. The Morgan fingerprint density at radius 3 is 2.83 bits per heavy atom. The molecule has 0 spiro atoms. The predicted octanol–water partition coefficient (Wildman–Crippen LogP) is 1.97. The number of halogens is 2. The third-order valence-corrected chi connectivity index (χ3v) is 2.26. The van der Waals surface area contributed by atoms with E-state index in [1.54, 1.807) is 0 Å². The van der Waals surface area contributed by atoms with Gasteiger partial charge in [0.25, 0.3) is 0 Å². The third kappa shape index (κ3) is 0.922. The Kier molecular flexibility index (Phi) is 1.59. The summed E-state index contributed by atoms with van der Waals surface area (Å²) in [7, 11) is 0. The van der Waals surface area contributed by atoms with Crippen LogP contribution in [0, 0.1) is 0 Å². The average molecular weight is 204 g/mol. The number of fused-ring (bicyclic) bond motifs is 1. The number of hydrogen-bond acceptors (Lipinski definition) is 3. The van der Waals surface area contributed by atoms with E-state index >= 15 is 0 Å². The van der Waals surface area contributed by atoms with Crippen LogP contribution < -0.4 is 0 Å². The van der Waals surface area contributed by atoms with Gasteiger partial charge in [0.2, 0.25) is 0 Å². The van der Waals surface area contributed by atoms with Gasteiger partial charge in [0, 0.05) is 0 Å². The van der Waals surface area contributed by atoms with Gasteiger partial charge in [-0.1, -0.05) is 23.2 Å². The van der Waals surface area contributed by atoms with Crippen LogP contribution in [-0.4, -0.2) is 20.5 Å². The summed E-state index contributed by atoms with van der Waals surface area (Å²) in [5.74, 6) is -0.145. The molecule has 2 aromatic rings. The van der Waals surface area contributed by atoms with Crippen LogP contribution in [0.15, 0.2) is 6.07 Å². The van der Waals surface area contributed by atoms with Crippen molar-refractivity contribution >= 4 is 34.2 Å². The number of nitrogens with zero attached hydrogens (tertiary/aromatic N) is 2. The van der Waals surface area contributed by atoms with Crippen LogP contribution in [0.1, 0.15) is 0 Å². The van der Waals surface area contributed by atoms with Crippen LogP contribution in [0.2, 0.25) is 10.0 Å². The molecule has 4 nitrogen and oxygen atoms in total. The van der Waals surface area contributed by atoms with E-state index in [9.17, 15) is 5.11 Å². The highest BCUT2D eigenvalue weighted by atomic mass is 35.5. The Labute approximate surface area is 77.1 Å². The van der Waals surface area contributed by atoms with Gasteiger partial charge in [0.1, 0.15) is 10.5 Å². The summed E-state index contributed by atoms with van der Waals surface area (Å²) in [5, 5.41) is 19.5. The average Bonchev–Trinajstić information content (AvgIpc) is 2.48. The SMILES string of the molecule is Oc1c(Cl)c(Cl)cc2n[nH]nc12. The fourth-order valence-corrected chi connectivity index (χ4v) is 1.25. The summed E-state index contributed by atoms with van der Waals surface area (Å²) in [5.41, 5.74) is 0.811. The summed E-state index contributed by atoms with van der Waals surface area (Å²) in [6.45, 7) is 0. The summed E-state index contributed by atoms with van der Waals surface area (Å²) >= 11 is 11.3. The van der Waals surface area contributed by atoms with Crippen molar-refractivity contribution in [3.05, 3.63) is 16.1 Å². The third-order valence-electron chi connectivity index (χ3n) is 1.48. The molecular formula is C6H3Cl2N3O. The number of phenolic OH excluding ortho intramolecular Hbond substituents is 1. The van der Waals surface area contributed by atoms with Gasteiger partial charge in [0.05, 0.1) is 5.02 Å². The van der Waals surface area contributed by atoms with Crippen LogP contribution in [0.25, 0.3) is 11.0 Å². The Hall–Kier alpha value is -1.00. The van der Waals surface area contributed by atoms with Crippen LogP contribution in [0.3, 0.4) is 0 Å². The maximum Gasteiger partial charge on any atom is 0.165 e. The van der Waals surface area contributed by atoms with Crippen molar-refractivity contribution in [1.29, 1.82) is 0 Å². The van der Waals surface area contributed by atoms with E-state index in [0.717, 1.165) is 0 Å². The predicted molar refractivity (Wildman–Crippen MR) is 45.6 cm³/mol. The highest BCUT2D eigenvalue weighted by molar-refractivity contribution is 6.43. The molecule has 1 heterocycles. The van der Waals surface area contributed by atoms with Crippen molar-refractivity contribution in [2.24, 2.45) is 0 Å². The minimum Gasteiger partial charge on any atom is -0.504 e. The standard InChI is InChI=1S/C6H3Cl2N3O/c7-2-1-3-5(10-11-9-3)6(12)4(2)8/h1,12H,(H,9,10,11). The largest absolute Gasteiger partial charge is 0.504 e. The van der Waals surface area contributed by atoms with Crippen LogP contribution in [0.5, 0.6) is 5.75 Å². The number of aromatic hydroxyl groups is 1. The smallest absolute Gasteiger partial charge is 0.165 e. The van der Waals surface area contributed by atoms with Gasteiger partial charge in [-0.15, -0.1) is 0 Å². The van der Waals surface area contributed by atoms with Crippen LogP contribution in [-0.2, 0) is 0 Å². The lowest BCUT2D eigenvalue weighted by Crippen LogP contribution is -1.75. The van der Waals surface area contributed by atoms with E-state index in [4.69, 9.17) is 23.2 Å². The van der Waals surface area contributed by atoms with Crippen LogP contribution in [0.4, 0.5) is 0 Å². The highest BCUT2D eigenvalue weighted by Gasteiger charge is 2.11. The zero-order valence-electron chi connectivity index (χ0n) is 5.67. The van der Waals surface area contributed by atoms with Gasteiger partial charge in [0.15, 0.2) is 11.3 Å². The molecule has 0 unspecified atom stereocenters. The van der Waals surface area contributed by atoms with Crippen LogP contribution >= 0.6 is 23.2 Å². The van der Waals surface area contributed by atoms with Crippen molar-refractivity contribution < 1.29 is 5.11 Å². The van der Waals surface area contributed by atoms with Crippen molar-refractivity contribution in [3.8, 4) is 5.75 Å². The molecule has 2 rings (SSSR count). The number of aromatic amines is 1. The first-order chi connectivity index (χ1) is 5.70. The van der Waals surface area contributed by atoms with E-state index < -0.39 is 0 Å². The normalized spacial score (nSPS) is 10.8. The Bertz CT molecular complexity index is 440. The zero-order chi connectivity index (χ0) is 8.72. The summed E-state index contributed by atoms with van der Waals surface area (Å²) < 4.78 is 0. The van der Waals surface area contributed by atoms with E-state index in [1.165, 1.54) is 6.07 Å². The Balaban J connectivity index is 2.94. The molecule has 0 amide bonds. The lowest BCUT2D eigenvalue weighted by Gasteiger charge is -1.97. The first kappa shape index (κ1) is 7.64. The van der Waals surface area contributed by atoms with Crippen molar-refractivity contribution in [2.75, 3.05) is 0 Å². The molecule has 62 valence electrons. The lowest BCUT2D eigenvalue weighted by atomic mass is 10.3. The molecule has 0 saturated carbocycles. The van der Waals surface area contributed by atoms with Gasteiger partial charge in [-0.2, -0.15) is 15.4 Å². The molecular weight excluding hydrogens is 201 g/mol. The number of nitrogens with one attached hydrogen (secondary N) is 1. The Morgan fingerprint density at radius 1 is 1.33 bits per heavy atom. The number of hydrogen-bond donors (Lipinski definition) is 2. The molecule has 0 radical (unpaired) electrons. The number of rotatable bonds is 0. The number of benzene rings is 1. The number of aromatic nitrogens is 3. The molecule has 0 aliphatic heterocycles. The quantitative estimate of drug-likeness (QED) is 0.689. The maximum atomic E-state index is 9.39. The van der Waals surface area contributed by atoms with E-state index in [1.807, 2.05) is 0 Å². The summed E-state index contributed by atoms with van der Waals surface area (Å²) in [6.07, 6.45) is 0. The number of phenols is 1. The zero-order valence-corrected chi connectivity index (χ0v) is 7.19. The van der Waals surface area contributed by atoms with Gasteiger partial charge < -0.3 is 5.11 Å². The minimum absolute atomic E-state index is 0.0954. The monoisotopic (exact) mass is 203 g/mol. The second-order valence-electron chi connectivity index (χ2n) is 2.21. The lowest BCUT2D eigenvalue weighted by molar-refractivity contribution is 0.480. The van der Waals surface area contributed by atoms with Crippen molar-refractivity contribution in [3.63, 3.8) is 0 Å². The highest BCUT2D eigenvalue weighted by Crippen LogP contribution is 2.35. The molecule has 0 aliphatic rings. The molecule has 0 saturated heterocycles. The summed E-state index contributed by atoms with van der Waals surface area (Å²) in [6, 6.07) is 1.53. The van der Waals surface area contributed by atoms with Gasteiger partial charge >= 0.3 is 0 Å². The van der Waals surface area contributed by atoms with Gasteiger partial charge in [-0.3, -0.25) is 0 Å². The van der Waals surface area contributed by atoms with E-state index in [-0.39, 0.29) is 15.8 Å². The Morgan fingerprint density at radius 2 is 2.08 bits per heavy atom. The molecule has 2 N–H and O–H groups in total. The van der Waals surface area contributed by atoms with Gasteiger partial charge in [-0.05, 0) is 6.07 Å². The molecule has 12 heavy (non-hydrogen) atoms. The topological polar surface area (TPSA) is 61.8 Å². The van der Waals surface area contributed by atoms with Crippen molar-refractivity contribution in [1.82, 2.24) is 15.4 Å². The summed E-state index contributed by atoms with van der Waals surface area (Å²) in [4.78, 5) is 0. The molecule has 1 aromatic carbocycles. The molecule has 0 fully saturated rings. The fraction of sp³-hybridized carbons (Fsp3) is 0. The molecule has 0 bridgehead atoms. The second kappa shape index (κ2) is 2.50. The fourth-order valence-electron chi connectivity index (χ4n) is 0.914. The second-order valence-corrected chi connectivity index (χ2v) is 3.00. The molecule has 0 atom stereocenters. The molecule has 0 aliphatic carbocycles. The molecule has 6 heteroatoms. The first-order valence-corrected chi connectivity index (χ1v) is 3.83. The first-order valence-electron chi connectivity index (χ1n) is 3.07. The minimum atomic E-state index is -0.145. The maximum absolute atomic E-state index is 9.39. The number of H-pyrrole nitrogens is 1. The van der Waals surface area contributed by atoms with E-state index in [2.05, 4.69) is 15.4 Å². The van der Waals surface area contributed by atoms with Crippen molar-refractivity contribution in [2.45, 2.75) is 0 Å². The van der Waals surface area contributed by atoms with Gasteiger partial charge in [-0.25, -0.2) is 0 Å². The van der Waals surface area contributed by atoms with E-state index in [0.29, 0.717) is 11.0 Å².